The molecule has 4 rings (SSSR count). The molecule has 0 aliphatic rings. The first kappa shape index (κ1) is 19.1. The second-order valence-electron chi connectivity index (χ2n) is 7.11. The number of aromatic nitrogens is 2. The van der Waals surface area contributed by atoms with Crippen LogP contribution in [0.4, 0.5) is 5.69 Å². The first-order chi connectivity index (χ1) is 14.0. The van der Waals surface area contributed by atoms with Crippen molar-refractivity contribution < 1.29 is 4.79 Å². The number of rotatable bonds is 4. The lowest BCUT2D eigenvalue weighted by Crippen LogP contribution is -2.30. The Morgan fingerprint density at radius 1 is 1.07 bits per heavy atom. The van der Waals surface area contributed by atoms with E-state index in [2.05, 4.69) is 4.98 Å². The number of hydrogen-bond donors (Lipinski definition) is 0. The molecule has 0 saturated carbocycles. The van der Waals surface area contributed by atoms with Crippen molar-refractivity contribution in [3.05, 3.63) is 92.8 Å². The van der Waals surface area contributed by atoms with Gasteiger partial charge >= 0.3 is 0 Å². The first-order valence-corrected chi connectivity index (χ1v) is 10.1. The summed E-state index contributed by atoms with van der Waals surface area (Å²) in [7, 11) is 1.67. The Hall–Kier alpha value is -3.25. The molecule has 1 amide bonds. The van der Waals surface area contributed by atoms with E-state index in [9.17, 15) is 9.59 Å². The number of hydrogen-bond acceptors (Lipinski definition) is 4. The Kier molecular flexibility index (Phi) is 5.03. The van der Waals surface area contributed by atoms with E-state index in [0.717, 1.165) is 16.8 Å². The summed E-state index contributed by atoms with van der Waals surface area (Å²) in [6, 6.07) is 17.8. The zero-order valence-corrected chi connectivity index (χ0v) is 17.4. The normalized spacial score (nSPS) is 11.0. The molecule has 0 saturated heterocycles. The Morgan fingerprint density at radius 2 is 1.76 bits per heavy atom. The summed E-state index contributed by atoms with van der Waals surface area (Å²) in [5.41, 5.74) is 3.55. The maximum Gasteiger partial charge on any atom is 0.269 e. The van der Waals surface area contributed by atoms with Crippen LogP contribution in [0.2, 0.25) is 0 Å². The van der Waals surface area contributed by atoms with Gasteiger partial charge in [-0.1, -0.05) is 48.0 Å². The van der Waals surface area contributed by atoms with Gasteiger partial charge in [0.15, 0.2) is 0 Å². The Balaban J connectivity index is 1.82. The Morgan fingerprint density at radius 3 is 2.45 bits per heavy atom. The number of amides is 1. The molecule has 0 aliphatic heterocycles. The van der Waals surface area contributed by atoms with Crippen LogP contribution >= 0.6 is 11.3 Å². The molecule has 6 heteroatoms. The zero-order valence-electron chi connectivity index (χ0n) is 16.5. The Bertz CT molecular complexity index is 1240. The van der Waals surface area contributed by atoms with Gasteiger partial charge in [-0.15, -0.1) is 11.3 Å². The lowest BCUT2D eigenvalue weighted by atomic mass is 10.1. The second-order valence-corrected chi connectivity index (χ2v) is 8.11. The third-order valence-corrected chi connectivity index (χ3v) is 6.17. The molecular weight excluding hydrogens is 382 g/mol. The lowest BCUT2D eigenvalue weighted by Gasteiger charge is -2.23. The molecule has 29 heavy (non-hydrogen) atoms. The second kappa shape index (κ2) is 7.64. The van der Waals surface area contributed by atoms with Crippen LogP contribution in [0.3, 0.4) is 0 Å². The van der Waals surface area contributed by atoms with Crippen molar-refractivity contribution in [1.29, 1.82) is 0 Å². The molecule has 0 aliphatic carbocycles. The van der Waals surface area contributed by atoms with E-state index in [0.29, 0.717) is 27.2 Å². The number of thiophene rings is 1. The number of anilines is 1. The van der Waals surface area contributed by atoms with Gasteiger partial charge in [-0.3, -0.25) is 9.59 Å². The van der Waals surface area contributed by atoms with Gasteiger partial charge in [-0.2, -0.15) is 0 Å². The van der Waals surface area contributed by atoms with Gasteiger partial charge in [0.25, 0.3) is 11.5 Å². The summed E-state index contributed by atoms with van der Waals surface area (Å²) in [4.78, 5) is 33.4. The average Bonchev–Trinajstić information content (AvgIpc) is 3.07. The average molecular weight is 404 g/mol. The summed E-state index contributed by atoms with van der Waals surface area (Å²) < 4.78 is 1.44. The molecular formula is C23H21N3O2S. The van der Waals surface area contributed by atoms with E-state index in [1.54, 1.807) is 11.9 Å². The molecule has 0 fully saturated rings. The quantitative estimate of drug-likeness (QED) is 0.506. The minimum absolute atomic E-state index is 0.125. The highest BCUT2D eigenvalue weighted by Gasteiger charge is 2.25. The molecule has 2 aromatic heterocycles. The predicted octanol–water partition coefficient (Wildman–Crippen LogP) is 4.46. The van der Waals surface area contributed by atoms with Crippen molar-refractivity contribution in [3.8, 4) is 0 Å². The summed E-state index contributed by atoms with van der Waals surface area (Å²) in [6.07, 6.45) is 1.50. The molecule has 0 spiro atoms. The van der Waals surface area contributed by atoms with E-state index < -0.39 is 0 Å². The van der Waals surface area contributed by atoms with Gasteiger partial charge in [0.05, 0.1) is 23.1 Å². The fourth-order valence-corrected chi connectivity index (χ4v) is 4.39. The molecule has 4 aromatic rings. The minimum Gasteiger partial charge on any atom is -0.303 e. The summed E-state index contributed by atoms with van der Waals surface area (Å²) in [5.74, 6) is -0.125. The molecule has 0 atom stereocenters. The van der Waals surface area contributed by atoms with Crippen LogP contribution in [0.1, 0.15) is 26.4 Å². The van der Waals surface area contributed by atoms with Gasteiger partial charge in [0.1, 0.15) is 4.83 Å². The molecule has 2 heterocycles. The monoisotopic (exact) mass is 403 g/mol. The van der Waals surface area contributed by atoms with Crippen LogP contribution in [0.15, 0.2) is 65.7 Å². The van der Waals surface area contributed by atoms with Crippen molar-refractivity contribution in [2.45, 2.75) is 20.4 Å². The molecule has 2 aromatic carbocycles. The Labute approximate surface area is 172 Å². The van der Waals surface area contributed by atoms with Crippen molar-refractivity contribution >= 4 is 33.1 Å². The largest absolute Gasteiger partial charge is 0.303 e. The van der Waals surface area contributed by atoms with Gasteiger partial charge < -0.3 is 9.47 Å². The number of carbonyl (C=O) groups is 1. The van der Waals surface area contributed by atoms with Gasteiger partial charge in [-0.25, -0.2) is 4.98 Å². The molecule has 146 valence electrons. The summed E-state index contributed by atoms with van der Waals surface area (Å²) >= 11 is 1.28. The van der Waals surface area contributed by atoms with E-state index in [4.69, 9.17) is 0 Å². The van der Waals surface area contributed by atoms with Gasteiger partial charge in [-0.05, 0) is 37.1 Å². The molecule has 5 nitrogen and oxygen atoms in total. The molecule has 0 unspecified atom stereocenters. The molecule has 0 radical (unpaired) electrons. The molecule has 0 N–H and O–H groups in total. The maximum absolute atomic E-state index is 13.6. The number of nitrogens with zero attached hydrogens (tertiary/aromatic N) is 3. The topological polar surface area (TPSA) is 55.2 Å². The number of benzene rings is 2. The lowest BCUT2D eigenvalue weighted by molar-refractivity contribution is 0.0988. The van der Waals surface area contributed by atoms with Crippen molar-refractivity contribution in [2.75, 3.05) is 4.90 Å². The van der Waals surface area contributed by atoms with Crippen LogP contribution in [-0.2, 0) is 13.6 Å². The smallest absolute Gasteiger partial charge is 0.269 e. The van der Waals surface area contributed by atoms with E-state index >= 15 is 0 Å². The van der Waals surface area contributed by atoms with Crippen molar-refractivity contribution in [3.63, 3.8) is 0 Å². The predicted molar refractivity (Wildman–Crippen MR) is 118 cm³/mol. The van der Waals surface area contributed by atoms with Crippen LogP contribution in [0.5, 0.6) is 0 Å². The van der Waals surface area contributed by atoms with Crippen LogP contribution in [0.25, 0.3) is 10.2 Å². The summed E-state index contributed by atoms with van der Waals surface area (Å²) in [5, 5.41) is 0.520. The third kappa shape index (κ3) is 3.59. The van der Waals surface area contributed by atoms with Crippen LogP contribution in [0, 0.1) is 13.8 Å². The first-order valence-electron chi connectivity index (χ1n) is 9.33. The van der Waals surface area contributed by atoms with Crippen LogP contribution < -0.4 is 10.5 Å². The van der Waals surface area contributed by atoms with Gasteiger partial charge in [0, 0.05) is 12.7 Å². The fraction of sp³-hybridized carbons (Fsp3) is 0.174. The van der Waals surface area contributed by atoms with E-state index in [1.165, 1.54) is 22.2 Å². The number of fused-ring (bicyclic) bond motifs is 1. The SMILES string of the molecule is Cc1ccc(N(Cc2ccccc2)C(=O)c2sc3ncn(C)c(=O)c3c2C)cc1. The fourth-order valence-electron chi connectivity index (χ4n) is 3.31. The summed E-state index contributed by atoms with van der Waals surface area (Å²) in [6.45, 7) is 4.29. The number of carbonyl (C=O) groups excluding carboxylic acids is 1. The third-order valence-electron chi connectivity index (χ3n) is 4.98. The highest BCUT2D eigenvalue weighted by Crippen LogP contribution is 2.30. The van der Waals surface area contributed by atoms with E-state index in [1.807, 2.05) is 68.4 Å². The van der Waals surface area contributed by atoms with Crippen molar-refractivity contribution in [2.24, 2.45) is 7.05 Å². The van der Waals surface area contributed by atoms with E-state index in [-0.39, 0.29) is 11.5 Å². The molecule has 0 bridgehead atoms. The minimum atomic E-state index is -0.132. The van der Waals surface area contributed by atoms with Crippen molar-refractivity contribution in [1.82, 2.24) is 9.55 Å². The maximum atomic E-state index is 13.6. The zero-order chi connectivity index (χ0) is 20.5. The highest BCUT2D eigenvalue weighted by molar-refractivity contribution is 7.20. The highest BCUT2D eigenvalue weighted by atomic mass is 32.1. The standard InChI is InChI=1S/C23H21N3O2S/c1-15-9-11-18(12-10-15)26(13-17-7-5-4-6-8-17)23(28)20-16(2)19-21(29-20)24-14-25(3)22(19)27/h4-12,14H,13H2,1-3H3. The van der Waals surface area contributed by atoms with Gasteiger partial charge in [0.2, 0.25) is 0 Å². The van der Waals surface area contributed by atoms with Crippen LogP contribution in [-0.4, -0.2) is 15.5 Å². The number of aryl methyl sites for hydroxylation is 3.